The highest BCUT2D eigenvalue weighted by Gasteiger charge is 2.21. The summed E-state index contributed by atoms with van der Waals surface area (Å²) in [5.41, 5.74) is 1.78. The largest absolute Gasteiger partial charge is 0.478 e. The quantitative estimate of drug-likeness (QED) is 0.877. The van der Waals surface area contributed by atoms with Crippen LogP contribution in [0.1, 0.15) is 47.2 Å². The molecule has 0 heterocycles. The molecule has 0 saturated heterocycles. The Morgan fingerprint density at radius 1 is 1.42 bits per heavy atom. The lowest BCUT2D eigenvalue weighted by atomic mass is 9.95. The van der Waals surface area contributed by atoms with Gasteiger partial charge in [-0.1, -0.05) is 18.2 Å². The Bertz CT molecular complexity index is 455. The van der Waals surface area contributed by atoms with Gasteiger partial charge in [-0.25, -0.2) is 4.79 Å². The fraction of sp³-hybridized carbons (Fsp3) is 0.533. The molecule has 1 saturated carbocycles. The molecule has 0 bridgehead atoms. The van der Waals surface area contributed by atoms with E-state index in [1.165, 1.54) is 0 Å². The van der Waals surface area contributed by atoms with Gasteiger partial charge in [-0.3, -0.25) is 0 Å². The molecular weight excluding hydrogens is 244 g/mol. The lowest BCUT2D eigenvalue weighted by Crippen LogP contribution is -2.26. The predicted octanol–water partition coefficient (Wildman–Crippen LogP) is 2.51. The van der Waals surface area contributed by atoms with Crippen LogP contribution < -0.4 is 0 Å². The molecule has 19 heavy (non-hydrogen) atoms. The number of aryl methyl sites for hydroxylation is 1. The van der Waals surface area contributed by atoms with Crippen LogP contribution in [0, 0.1) is 6.92 Å². The maximum Gasteiger partial charge on any atom is 0.336 e. The smallest absolute Gasteiger partial charge is 0.336 e. The van der Waals surface area contributed by atoms with E-state index in [1.807, 2.05) is 6.07 Å². The molecule has 4 nitrogen and oxygen atoms in total. The van der Waals surface area contributed by atoms with Crippen molar-refractivity contribution in [2.75, 3.05) is 0 Å². The van der Waals surface area contributed by atoms with Crippen LogP contribution in [0.25, 0.3) is 0 Å². The van der Waals surface area contributed by atoms with Crippen molar-refractivity contribution >= 4 is 5.97 Å². The molecule has 0 aromatic heterocycles. The first kappa shape index (κ1) is 14.0. The molecule has 0 spiro atoms. The van der Waals surface area contributed by atoms with Gasteiger partial charge >= 0.3 is 5.97 Å². The number of aliphatic hydroxyl groups excluding tert-OH is 1. The third-order valence-corrected chi connectivity index (χ3v) is 3.65. The minimum atomic E-state index is -0.916. The number of carbonyl (C=O) groups is 1. The summed E-state index contributed by atoms with van der Waals surface area (Å²) >= 11 is 0. The number of carboxylic acids is 1. The van der Waals surface area contributed by atoms with Crippen molar-refractivity contribution in [3.8, 4) is 0 Å². The molecule has 1 fully saturated rings. The summed E-state index contributed by atoms with van der Waals surface area (Å²) in [6, 6.07) is 5.42. The Hall–Kier alpha value is -1.39. The van der Waals surface area contributed by atoms with Gasteiger partial charge in [-0.05, 0) is 43.7 Å². The molecule has 1 unspecified atom stereocenters. The predicted molar refractivity (Wildman–Crippen MR) is 71.2 cm³/mol. The number of ether oxygens (including phenoxy) is 1. The fourth-order valence-corrected chi connectivity index (χ4v) is 2.63. The SMILES string of the molecule is Cc1cccc(COC2CCC[C@@H](O)C2)c1C(=O)O. The molecule has 0 aliphatic heterocycles. The van der Waals surface area contributed by atoms with Gasteiger partial charge < -0.3 is 14.9 Å². The summed E-state index contributed by atoms with van der Waals surface area (Å²) in [5, 5.41) is 18.8. The summed E-state index contributed by atoms with van der Waals surface area (Å²) in [6.07, 6.45) is 3.14. The molecule has 0 amide bonds. The van der Waals surface area contributed by atoms with E-state index >= 15 is 0 Å². The van der Waals surface area contributed by atoms with Gasteiger partial charge in [-0.15, -0.1) is 0 Å². The van der Waals surface area contributed by atoms with Crippen LogP contribution in [0.5, 0.6) is 0 Å². The number of aromatic carboxylic acids is 1. The summed E-state index contributed by atoms with van der Waals surface area (Å²) in [5.74, 6) is -0.916. The third kappa shape index (κ3) is 3.55. The van der Waals surface area contributed by atoms with E-state index in [2.05, 4.69) is 0 Å². The van der Waals surface area contributed by atoms with Crippen molar-refractivity contribution in [3.05, 3.63) is 34.9 Å². The first-order valence-corrected chi connectivity index (χ1v) is 6.69. The Morgan fingerprint density at radius 3 is 2.89 bits per heavy atom. The van der Waals surface area contributed by atoms with Crippen LogP contribution in [-0.4, -0.2) is 28.4 Å². The van der Waals surface area contributed by atoms with E-state index in [0.717, 1.165) is 24.8 Å². The normalized spacial score (nSPS) is 23.3. The van der Waals surface area contributed by atoms with Crippen molar-refractivity contribution in [2.45, 2.75) is 51.4 Å². The molecule has 1 aromatic rings. The molecule has 1 aromatic carbocycles. The number of rotatable bonds is 4. The standard InChI is InChI=1S/C15H20O4/c1-10-4-2-5-11(14(10)15(17)18)9-19-13-7-3-6-12(16)8-13/h2,4-5,12-13,16H,3,6-9H2,1H3,(H,17,18)/t12-,13?/m1/s1. The van der Waals surface area contributed by atoms with Crippen LogP contribution >= 0.6 is 0 Å². The highest BCUT2D eigenvalue weighted by Crippen LogP contribution is 2.23. The van der Waals surface area contributed by atoms with Gasteiger partial charge in [-0.2, -0.15) is 0 Å². The zero-order valence-corrected chi connectivity index (χ0v) is 11.1. The van der Waals surface area contributed by atoms with E-state index < -0.39 is 5.97 Å². The third-order valence-electron chi connectivity index (χ3n) is 3.65. The fourth-order valence-electron chi connectivity index (χ4n) is 2.63. The van der Waals surface area contributed by atoms with Gasteiger partial charge in [0, 0.05) is 0 Å². The second-order valence-corrected chi connectivity index (χ2v) is 5.17. The zero-order chi connectivity index (χ0) is 13.8. The van der Waals surface area contributed by atoms with Crippen molar-refractivity contribution < 1.29 is 19.7 Å². The Morgan fingerprint density at radius 2 is 2.21 bits per heavy atom. The highest BCUT2D eigenvalue weighted by atomic mass is 16.5. The van der Waals surface area contributed by atoms with E-state index in [1.54, 1.807) is 19.1 Å². The summed E-state index contributed by atoms with van der Waals surface area (Å²) in [4.78, 5) is 11.3. The van der Waals surface area contributed by atoms with Crippen LogP contribution in [0.4, 0.5) is 0 Å². The number of carboxylic acid groups (broad SMARTS) is 1. The maximum absolute atomic E-state index is 11.3. The average molecular weight is 264 g/mol. The number of benzene rings is 1. The first-order chi connectivity index (χ1) is 9.08. The highest BCUT2D eigenvalue weighted by molar-refractivity contribution is 5.91. The van der Waals surface area contributed by atoms with E-state index in [0.29, 0.717) is 24.2 Å². The monoisotopic (exact) mass is 264 g/mol. The molecular formula is C15H20O4. The van der Waals surface area contributed by atoms with Crippen molar-refractivity contribution in [1.29, 1.82) is 0 Å². The van der Waals surface area contributed by atoms with Gasteiger partial charge in [0.25, 0.3) is 0 Å². The topological polar surface area (TPSA) is 66.8 Å². The van der Waals surface area contributed by atoms with Gasteiger partial charge in [0.1, 0.15) is 0 Å². The lowest BCUT2D eigenvalue weighted by molar-refractivity contribution is -0.0231. The molecule has 4 heteroatoms. The van der Waals surface area contributed by atoms with Gasteiger partial charge in [0.2, 0.25) is 0 Å². The molecule has 0 radical (unpaired) electrons. The molecule has 2 rings (SSSR count). The molecule has 1 aliphatic carbocycles. The Balaban J connectivity index is 2.03. The number of aliphatic hydroxyl groups is 1. The average Bonchev–Trinajstić information content (AvgIpc) is 2.36. The zero-order valence-electron chi connectivity index (χ0n) is 11.1. The lowest BCUT2D eigenvalue weighted by Gasteiger charge is -2.26. The van der Waals surface area contributed by atoms with Crippen LogP contribution in [-0.2, 0) is 11.3 Å². The van der Waals surface area contributed by atoms with Crippen molar-refractivity contribution in [3.63, 3.8) is 0 Å². The van der Waals surface area contributed by atoms with Crippen LogP contribution in [0.15, 0.2) is 18.2 Å². The minimum Gasteiger partial charge on any atom is -0.478 e. The second kappa shape index (κ2) is 6.17. The molecule has 104 valence electrons. The van der Waals surface area contributed by atoms with E-state index in [9.17, 15) is 15.0 Å². The molecule has 1 aliphatic rings. The second-order valence-electron chi connectivity index (χ2n) is 5.17. The van der Waals surface area contributed by atoms with Gasteiger partial charge in [0.05, 0.1) is 24.4 Å². The van der Waals surface area contributed by atoms with Crippen LogP contribution in [0.3, 0.4) is 0 Å². The Kier molecular flexibility index (Phi) is 4.56. The van der Waals surface area contributed by atoms with Crippen molar-refractivity contribution in [1.82, 2.24) is 0 Å². The first-order valence-electron chi connectivity index (χ1n) is 6.69. The maximum atomic E-state index is 11.3. The van der Waals surface area contributed by atoms with Crippen molar-refractivity contribution in [2.24, 2.45) is 0 Å². The number of hydrogen-bond donors (Lipinski definition) is 2. The summed E-state index contributed by atoms with van der Waals surface area (Å²) < 4.78 is 5.76. The van der Waals surface area contributed by atoms with Gasteiger partial charge in [0.15, 0.2) is 0 Å². The summed E-state index contributed by atoms with van der Waals surface area (Å²) in [6.45, 7) is 2.08. The Labute approximate surface area is 113 Å². The molecule has 2 N–H and O–H groups in total. The van der Waals surface area contributed by atoms with E-state index in [4.69, 9.17) is 4.74 Å². The minimum absolute atomic E-state index is 0.0332. The number of hydrogen-bond acceptors (Lipinski definition) is 3. The van der Waals surface area contributed by atoms with E-state index in [-0.39, 0.29) is 12.2 Å². The summed E-state index contributed by atoms with van der Waals surface area (Å²) in [7, 11) is 0. The van der Waals surface area contributed by atoms with Crippen LogP contribution in [0.2, 0.25) is 0 Å². The molecule has 2 atom stereocenters.